The van der Waals surface area contributed by atoms with Gasteiger partial charge in [-0.2, -0.15) is 4.31 Å². The highest BCUT2D eigenvalue weighted by Crippen LogP contribution is 2.24. The molecule has 0 aliphatic carbocycles. The van der Waals surface area contributed by atoms with Crippen LogP contribution in [0.15, 0.2) is 0 Å². The summed E-state index contributed by atoms with van der Waals surface area (Å²) in [5, 5.41) is 3.19. The standard InChI is InChI=1S/C11H22N2O3S/c1-11(2)9-12-5-7-17(14,15)13(11)8-10-4-3-6-16-10/h10,12H,3-9H2,1-2H3. The number of ether oxygens (including phenoxy) is 1. The number of hydrogen-bond donors (Lipinski definition) is 1. The third-order valence-electron chi connectivity index (χ3n) is 3.50. The van der Waals surface area contributed by atoms with Gasteiger partial charge in [-0.15, -0.1) is 0 Å². The van der Waals surface area contributed by atoms with Crippen molar-refractivity contribution in [2.45, 2.75) is 38.3 Å². The van der Waals surface area contributed by atoms with Crippen LogP contribution < -0.4 is 5.32 Å². The van der Waals surface area contributed by atoms with Crippen LogP contribution in [0.4, 0.5) is 0 Å². The van der Waals surface area contributed by atoms with Crippen LogP contribution in [-0.2, 0) is 14.8 Å². The molecular weight excluding hydrogens is 240 g/mol. The molecule has 0 aromatic carbocycles. The summed E-state index contributed by atoms with van der Waals surface area (Å²) in [6.07, 6.45) is 2.08. The smallest absolute Gasteiger partial charge is 0.215 e. The van der Waals surface area contributed by atoms with E-state index in [1.807, 2.05) is 13.8 Å². The molecule has 2 fully saturated rings. The van der Waals surface area contributed by atoms with Gasteiger partial charge in [0.15, 0.2) is 0 Å². The fraction of sp³-hybridized carbons (Fsp3) is 1.00. The molecule has 2 aliphatic heterocycles. The average molecular weight is 262 g/mol. The molecule has 0 aromatic rings. The summed E-state index contributed by atoms with van der Waals surface area (Å²) in [5.41, 5.74) is -0.374. The Hall–Kier alpha value is -0.170. The molecule has 6 heteroatoms. The minimum Gasteiger partial charge on any atom is -0.377 e. The van der Waals surface area contributed by atoms with E-state index in [-0.39, 0.29) is 17.4 Å². The summed E-state index contributed by atoms with van der Waals surface area (Å²) in [4.78, 5) is 0. The van der Waals surface area contributed by atoms with Crippen molar-refractivity contribution in [1.29, 1.82) is 0 Å². The summed E-state index contributed by atoms with van der Waals surface area (Å²) in [5.74, 6) is 0.184. The molecule has 0 bridgehead atoms. The molecule has 0 aromatic heterocycles. The first-order valence-electron chi connectivity index (χ1n) is 6.25. The van der Waals surface area contributed by atoms with Crippen LogP contribution in [0.5, 0.6) is 0 Å². The first-order valence-corrected chi connectivity index (χ1v) is 7.86. The zero-order valence-corrected chi connectivity index (χ0v) is 11.4. The van der Waals surface area contributed by atoms with Gasteiger partial charge < -0.3 is 10.1 Å². The van der Waals surface area contributed by atoms with E-state index in [9.17, 15) is 8.42 Å². The van der Waals surface area contributed by atoms with E-state index in [0.29, 0.717) is 19.6 Å². The van der Waals surface area contributed by atoms with E-state index in [4.69, 9.17) is 4.74 Å². The van der Waals surface area contributed by atoms with Crippen LogP contribution in [0, 0.1) is 0 Å². The second kappa shape index (κ2) is 4.84. The zero-order valence-electron chi connectivity index (χ0n) is 10.6. The SMILES string of the molecule is CC1(C)CNCCS(=O)(=O)N1CC1CCCO1. The van der Waals surface area contributed by atoms with Gasteiger partial charge in [0.25, 0.3) is 0 Å². The van der Waals surface area contributed by atoms with Gasteiger partial charge in [0, 0.05) is 31.8 Å². The lowest BCUT2D eigenvalue weighted by Crippen LogP contribution is -2.53. The molecule has 100 valence electrons. The van der Waals surface area contributed by atoms with E-state index in [1.54, 1.807) is 4.31 Å². The van der Waals surface area contributed by atoms with Gasteiger partial charge in [-0.1, -0.05) is 0 Å². The molecule has 0 spiro atoms. The van der Waals surface area contributed by atoms with Gasteiger partial charge in [-0.3, -0.25) is 0 Å². The Morgan fingerprint density at radius 3 is 2.88 bits per heavy atom. The van der Waals surface area contributed by atoms with Crippen molar-refractivity contribution in [2.75, 3.05) is 32.0 Å². The second-order valence-corrected chi connectivity index (χ2v) is 7.48. The van der Waals surface area contributed by atoms with Crippen LogP contribution in [0.3, 0.4) is 0 Å². The first kappa shape index (κ1) is 13.3. The summed E-state index contributed by atoms with van der Waals surface area (Å²) in [7, 11) is -3.16. The van der Waals surface area contributed by atoms with Gasteiger partial charge in [-0.05, 0) is 26.7 Å². The van der Waals surface area contributed by atoms with Crippen LogP contribution in [0.25, 0.3) is 0 Å². The molecule has 1 unspecified atom stereocenters. The van der Waals surface area contributed by atoms with Crippen molar-refractivity contribution < 1.29 is 13.2 Å². The molecule has 2 rings (SSSR count). The van der Waals surface area contributed by atoms with E-state index in [2.05, 4.69) is 5.32 Å². The Kier molecular flexibility index (Phi) is 3.77. The molecule has 17 heavy (non-hydrogen) atoms. The lowest BCUT2D eigenvalue weighted by atomic mass is 10.1. The van der Waals surface area contributed by atoms with Crippen LogP contribution in [0.1, 0.15) is 26.7 Å². The number of nitrogens with zero attached hydrogens (tertiary/aromatic N) is 1. The van der Waals surface area contributed by atoms with Crippen molar-refractivity contribution in [1.82, 2.24) is 9.62 Å². The summed E-state index contributed by atoms with van der Waals surface area (Å²) in [6.45, 7) is 6.43. The number of sulfonamides is 1. The molecule has 1 N–H and O–H groups in total. The lowest BCUT2D eigenvalue weighted by molar-refractivity contribution is 0.0736. The Labute approximate surface area is 104 Å². The molecule has 5 nitrogen and oxygen atoms in total. The van der Waals surface area contributed by atoms with E-state index in [1.165, 1.54) is 0 Å². The molecule has 0 radical (unpaired) electrons. The van der Waals surface area contributed by atoms with E-state index >= 15 is 0 Å². The number of hydrogen-bond acceptors (Lipinski definition) is 4. The summed E-state index contributed by atoms with van der Waals surface area (Å²) < 4.78 is 31.7. The monoisotopic (exact) mass is 262 g/mol. The van der Waals surface area contributed by atoms with Crippen LogP contribution in [0.2, 0.25) is 0 Å². The van der Waals surface area contributed by atoms with Crippen molar-refractivity contribution in [3.8, 4) is 0 Å². The fourth-order valence-corrected chi connectivity index (χ4v) is 4.34. The predicted molar refractivity (Wildman–Crippen MR) is 66.4 cm³/mol. The lowest BCUT2D eigenvalue weighted by Gasteiger charge is -2.36. The molecule has 2 heterocycles. The molecular formula is C11H22N2O3S. The topological polar surface area (TPSA) is 58.6 Å². The van der Waals surface area contributed by atoms with E-state index < -0.39 is 10.0 Å². The van der Waals surface area contributed by atoms with Crippen molar-refractivity contribution in [2.24, 2.45) is 0 Å². The third kappa shape index (κ3) is 2.99. The van der Waals surface area contributed by atoms with Crippen molar-refractivity contribution >= 4 is 10.0 Å². The van der Waals surface area contributed by atoms with Crippen LogP contribution >= 0.6 is 0 Å². The molecule has 0 amide bonds. The van der Waals surface area contributed by atoms with Gasteiger partial charge >= 0.3 is 0 Å². The van der Waals surface area contributed by atoms with Gasteiger partial charge in [0.1, 0.15) is 0 Å². The van der Waals surface area contributed by atoms with Crippen LogP contribution in [-0.4, -0.2) is 56.4 Å². The minimum atomic E-state index is -3.16. The first-order chi connectivity index (χ1) is 7.92. The normalized spacial score (nSPS) is 33.4. The minimum absolute atomic E-state index is 0.0714. The summed E-state index contributed by atoms with van der Waals surface area (Å²) >= 11 is 0. The third-order valence-corrected chi connectivity index (χ3v) is 5.53. The highest BCUT2D eigenvalue weighted by atomic mass is 32.2. The second-order valence-electron chi connectivity index (χ2n) is 5.47. The van der Waals surface area contributed by atoms with Crippen molar-refractivity contribution in [3.63, 3.8) is 0 Å². The average Bonchev–Trinajstić information content (AvgIpc) is 2.70. The van der Waals surface area contributed by atoms with E-state index in [0.717, 1.165) is 19.4 Å². The fourth-order valence-electron chi connectivity index (χ4n) is 2.50. The predicted octanol–water partition coefficient (Wildman–Crippen LogP) is 0.179. The highest BCUT2D eigenvalue weighted by Gasteiger charge is 2.39. The molecule has 2 aliphatic rings. The Balaban J connectivity index is 2.17. The zero-order chi connectivity index (χ0) is 12.5. The molecule has 2 saturated heterocycles. The molecule has 1 atom stereocenters. The Bertz CT molecular complexity index is 361. The number of nitrogens with one attached hydrogen (secondary N) is 1. The molecule has 0 saturated carbocycles. The number of rotatable bonds is 2. The largest absolute Gasteiger partial charge is 0.377 e. The van der Waals surface area contributed by atoms with Gasteiger partial charge in [0.2, 0.25) is 10.0 Å². The quantitative estimate of drug-likeness (QED) is 0.771. The maximum Gasteiger partial charge on any atom is 0.215 e. The maximum atomic E-state index is 12.2. The van der Waals surface area contributed by atoms with Gasteiger partial charge in [0.05, 0.1) is 11.9 Å². The Morgan fingerprint density at radius 2 is 2.24 bits per heavy atom. The van der Waals surface area contributed by atoms with Crippen molar-refractivity contribution in [3.05, 3.63) is 0 Å². The Morgan fingerprint density at radius 1 is 1.47 bits per heavy atom. The maximum absolute atomic E-state index is 12.2. The van der Waals surface area contributed by atoms with Gasteiger partial charge in [-0.25, -0.2) is 8.42 Å². The highest BCUT2D eigenvalue weighted by molar-refractivity contribution is 7.89. The summed E-state index contributed by atoms with van der Waals surface area (Å²) in [6, 6.07) is 0.